The highest BCUT2D eigenvalue weighted by Gasteiger charge is 2.28. The fraction of sp³-hybridized carbons (Fsp3) is 0.421. The second-order valence-electron chi connectivity index (χ2n) is 6.68. The van der Waals surface area contributed by atoms with E-state index in [2.05, 4.69) is 9.71 Å². The summed E-state index contributed by atoms with van der Waals surface area (Å²) in [7, 11) is -2.18. The van der Waals surface area contributed by atoms with Crippen LogP contribution in [0.4, 0.5) is 0 Å². The molecule has 1 N–H and O–H groups in total. The molecule has 1 aromatic heterocycles. The quantitative estimate of drug-likeness (QED) is 0.785. The lowest BCUT2D eigenvalue weighted by molar-refractivity contribution is 0.138. The van der Waals surface area contributed by atoms with E-state index in [-0.39, 0.29) is 17.0 Å². The van der Waals surface area contributed by atoms with Crippen molar-refractivity contribution in [1.29, 1.82) is 0 Å². The molecule has 0 radical (unpaired) electrons. The van der Waals surface area contributed by atoms with Gasteiger partial charge in [0.25, 0.3) is 0 Å². The van der Waals surface area contributed by atoms with Gasteiger partial charge in [-0.1, -0.05) is 17.7 Å². The van der Waals surface area contributed by atoms with Crippen LogP contribution < -0.4 is 14.2 Å². The average molecular weight is 411 g/mol. The molecule has 1 aliphatic carbocycles. The molecule has 1 saturated carbocycles. The van der Waals surface area contributed by atoms with Crippen LogP contribution in [-0.4, -0.2) is 32.7 Å². The molecule has 1 aromatic carbocycles. The van der Waals surface area contributed by atoms with Crippen LogP contribution in [0.25, 0.3) is 0 Å². The molecule has 0 amide bonds. The second kappa shape index (κ2) is 8.46. The molecule has 1 heterocycles. The van der Waals surface area contributed by atoms with Gasteiger partial charge in [-0.25, -0.2) is 18.1 Å². The summed E-state index contributed by atoms with van der Waals surface area (Å²) in [5.74, 6) is 0.881. The first kappa shape index (κ1) is 19.9. The summed E-state index contributed by atoms with van der Waals surface area (Å²) in [6.07, 6.45) is 4.47. The number of methoxy groups -OCH3 is 1. The molecule has 1 fully saturated rings. The topological polar surface area (TPSA) is 77.5 Å². The van der Waals surface area contributed by atoms with Crippen LogP contribution >= 0.6 is 11.6 Å². The minimum absolute atomic E-state index is 0.0212. The molecule has 0 saturated heterocycles. The summed E-state index contributed by atoms with van der Waals surface area (Å²) < 4.78 is 39.5. The van der Waals surface area contributed by atoms with Gasteiger partial charge in [0, 0.05) is 18.3 Å². The van der Waals surface area contributed by atoms with Gasteiger partial charge in [-0.2, -0.15) is 0 Å². The van der Waals surface area contributed by atoms with Crippen LogP contribution in [0.15, 0.2) is 41.4 Å². The Morgan fingerprint density at radius 2 is 1.89 bits per heavy atom. The summed E-state index contributed by atoms with van der Waals surface area (Å²) >= 11 is 5.82. The van der Waals surface area contributed by atoms with Gasteiger partial charge >= 0.3 is 0 Å². The maximum Gasteiger partial charge on any atom is 0.244 e. The Kier molecular flexibility index (Phi) is 6.24. The number of rotatable bonds is 6. The third kappa shape index (κ3) is 5.12. The number of halogens is 1. The molecular weight excluding hydrogens is 388 g/mol. The molecule has 3 rings (SSSR count). The zero-order chi connectivity index (χ0) is 19.4. The minimum atomic E-state index is -3.65. The summed E-state index contributed by atoms with van der Waals surface area (Å²) in [6.45, 7) is 1.85. The van der Waals surface area contributed by atoms with E-state index in [4.69, 9.17) is 21.1 Å². The Balaban J connectivity index is 1.60. The molecule has 2 aromatic rings. The number of benzene rings is 1. The lowest BCUT2D eigenvalue weighted by atomic mass is 9.94. The van der Waals surface area contributed by atoms with E-state index >= 15 is 0 Å². The number of hydrogen-bond donors (Lipinski definition) is 1. The van der Waals surface area contributed by atoms with E-state index in [1.54, 1.807) is 30.5 Å². The molecule has 0 atom stereocenters. The molecule has 6 nitrogen and oxygen atoms in total. The van der Waals surface area contributed by atoms with Gasteiger partial charge in [-0.3, -0.25) is 0 Å². The lowest BCUT2D eigenvalue weighted by Crippen LogP contribution is -2.39. The minimum Gasteiger partial charge on any atom is -0.495 e. The van der Waals surface area contributed by atoms with Crippen molar-refractivity contribution in [3.05, 3.63) is 47.1 Å². The summed E-state index contributed by atoms with van der Waals surface area (Å²) in [5.41, 5.74) is 0.865. The van der Waals surface area contributed by atoms with E-state index in [9.17, 15) is 8.42 Å². The number of pyridine rings is 1. The maximum absolute atomic E-state index is 12.8. The Morgan fingerprint density at radius 1 is 1.15 bits per heavy atom. The van der Waals surface area contributed by atoms with Gasteiger partial charge in [0.2, 0.25) is 15.9 Å². The first-order chi connectivity index (χ1) is 12.9. The van der Waals surface area contributed by atoms with Crippen LogP contribution in [0.5, 0.6) is 11.6 Å². The fourth-order valence-electron chi connectivity index (χ4n) is 3.18. The second-order valence-corrected chi connectivity index (χ2v) is 8.80. The van der Waals surface area contributed by atoms with Crippen molar-refractivity contribution in [2.75, 3.05) is 7.11 Å². The highest BCUT2D eigenvalue weighted by atomic mass is 35.5. The number of hydrogen-bond acceptors (Lipinski definition) is 5. The number of nitrogens with one attached hydrogen (secondary N) is 1. The zero-order valence-corrected chi connectivity index (χ0v) is 16.9. The predicted molar refractivity (Wildman–Crippen MR) is 104 cm³/mol. The van der Waals surface area contributed by atoms with Crippen LogP contribution in [0.3, 0.4) is 0 Å². The molecule has 146 valence electrons. The van der Waals surface area contributed by atoms with Crippen molar-refractivity contribution in [3.63, 3.8) is 0 Å². The molecule has 8 heteroatoms. The van der Waals surface area contributed by atoms with E-state index in [1.165, 1.54) is 7.11 Å². The Hall–Kier alpha value is -1.83. The van der Waals surface area contributed by atoms with Gasteiger partial charge in [0.1, 0.15) is 16.7 Å². The van der Waals surface area contributed by atoms with Gasteiger partial charge in [-0.05, 0) is 56.4 Å². The number of nitrogens with zero attached hydrogens (tertiary/aromatic N) is 1. The number of aryl methyl sites for hydroxylation is 1. The van der Waals surface area contributed by atoms with E-state index in [0.29, 0.717) is 29.5 Å². The standard InChI is InChI=1S/C19H23ClN2O4S/c1-13-3-9-17(25-2)18(11-13)27(23,24)22-15-5-7-16(8-6-15)26-19-10-4-14(20)12-21-19/h3-4,9-12,15-16,22H,5-8H2,1-2H3. The van der Waals surface area contributed by atoms with Crippen LogP contribution in [0.2, 0.25) is 5.02 Å². The SMILES string of the molecule is COc1ccc(C)cc1S(=O)(=O)NC1CCC(Oc2ccc(Cl)cn2)CC1. The Labute approximate surface area is 164 Å². The molecule has 0 spiro atoms. The lowest BCUT2D eigenvalue weighted by Gasteiger charge is -2.29. The van der Waals surface area contributed by atoms with Gasteiger partial charge in [0.05, 0.1) is 12.1 Å². The Morgan fingerprint density at radius 3 is 2.52 bits per heavy atom. The smallest absolute Gasteiger partial charge is 0.244 e. The summed E-state index contributed by atoms with van der Waals surface area (Å²) in [5, 5.41) is 0.562. The third-order valence-corrected chi connectivity index (χ3v) is 6.36. The summed E-state index contributed by atoms with van der Waals surface area (Å²) in [4.78, 5) is 4.31. The average Bonchev–Trinajstić information content (AvgIpc) is 2.65. The molecular formula is C19H23ClN2O4S. The largest absolute Gasteiger partial charge is 0.495 e. The van der Waals surface area contributed by atoms with Crippen molar-refractivity contribution in [2.45, 2.75) is 49.6 Å². The first-order valence-electron chi connectivity index (χ1n) is 8.82. The number of aromatic nitrogens is 1. The zero-order valence-electron chi connectivity index (χ0n) is 15.3. The molecule has 1 aliphatic rings. The van der Waals surface area contributed by atoms with Crippen molar-refractivity contribution in [2.24, 2.45) is 0 Å². The molecule has 0 bridgehead atoms. The molecule has 0 aliphatic heterocycles. The molecule has 0 unspecified atom stereocenters. The van der Waals surface area contributed by atoms with Crippen LogP contribution in [0.1, 0.15) is 31.2 Å². The normalized spacial score (nSPS) is 20.3. The number of sulfonamides is 1. The van der Waals surface area contributed by atoms with E-state index in [0.717, 1.165) is 18.4 Å². The van der Waals surface area contributed by atoms with E-state index in [1.807, 2.05) is 13.0 Å². The third-order valence-electron chi connectivity index (χ3n) is 4.59. The monoisotopic (exact) mass is 410 g/mol. The molecule has 27 heavy (non-hydrogen) atoms. The maximum atomic E-state index is 12.8. The first-order valence-corrected chi connectivity index (χ1v) is 10.7. The summed E-state index contributed by atoms with van der Waals surface area (Å²) in [6, 6.07) is 8.47. The fourth-order valence-corrected chi connectivity index (χ4v) is 4.85. The highest BCUT2D eigenvalue weighted by Crippen LogP contribution is 2.28. The van der Waals surface area contributed by atoms with Gasteiger partial charge in [0.15, 0.2) is 0 Å². The van der Waals surface area contributed by atoms with Gasteiger partial charge < -0.3 is 9.47 Å². The van der Waals surface area contributed by atoms with Gasteiger partial charge in [-0.15, -0.1) is 0 Å². The van der Waals surface area contributed by atoms with Crippen molar-refractivity contribution >= 4 is 21.6 Å². The number of ether oxygens (including phenoxy) is 2. The highest BCUT2D eigenvalue weighted by molar-refractivity contribution is 7.89. The van der Waals surface area contributed by atoms with E-state index < -0.39 is 10.0 Å². The van der Waals surface area contributed by atoms with Crippen molar-refractivity contribution < 1.29 is 17.9 Å². The van der Waals surface area contributed by atoms with Crippen molar-refractivity contribution in [1.82, 2.24) is 9.71 Å². The van der Waals surface area contributed by atoms with Crippen LogP contribution in [0, 0.1) is 6.92 Å². The Bertz CT molecular complexity index is 879. The van der Waals surface area contributed by atoms with Crippen LogP contribution in [-0.2, 0) is 10.0 Å². The van der Waals surface area contributed by atoms with Crippen molar-refractivity contribution in [3.8, 4) is 11.6 Å². The predicted octanol–water partition coefficient (Wildman–Crippen LogP) is 3.72.